The molecule has 0 aliphatic carbocycles. The van der Waals surface area contributed by atoms with E-state index in [0.717, 1.165) is 0 Å². The Labute approximate surface area is 96.9 Å². The van der Waals surface area contributed by atoms with Crippen LogP contribution in [0.15, 0.2) is 0 Å². The summed E-state index contributed by atoms with van der Waals surface area (Å²) in [5, 5.41) is 0. The third-order valence-electron chi connectivity index (χ3n) is 2.70. The summed E-state index contributed by atoms with van der Waals surface area (Å²) in [5.74, 6) is 0.127. The van der Waals surface area contributed by atoms with Gasteiger partial charge in [0.15, 0.2) is 0 Å². The first-order chi connectivity index (χ1) is 7.65. The van der Waals surface area contributed by atoms with Gasteiger partial charge in [-0.2, -0.15) is 0 Å². The lowest BCUT2D eigenvalue weighted by atomic mass is 10.1. The van der Waals surface area contributed by atoms with Crippen molar-refractivity contribution in [3.8, 4) is 0 Å². The fraction of sp³-hybridized carbons (Fsp3) is 0.909. The average Bonchev–Trinajstić information content (AvgIpc) is 2.29. The molecule has 1 heterocycles. The molecule has 0 aromatic carbocycles. The number of morpholine rings is 1. The zero-order valence-electron chi connectivity index (χ0n) is 10.1. The van der Waals surface area contributed by atoms with Crippen LogP contribution in [0.25, 0.3) is 0 Å². The van der Waals surface area contributed by atoms with Gasteiger partial charge in [-0.25, -0.2) is 0 Å². The lowest BCUT2D eigenvalue weighted by molar-refractivity contribution is -0.140. The molecule has 2 atom stereocenters. The SMILES string of the molecule is CCOCCC(=O)N1CCOC(C(C)N)C1. The topological polar surface area (TPSA) is 64.8 Å². The van der Waals surface area contributed by atoms with Crippen molar-refractivity contribution in [2.75, 3.05) is 32.9 Å². The molecule has 1 aliphatic heterocycles. The van der Waals surface area contributed by atoms with Crippen LogP contribution in [0, 0.1) is 0 Å². The predicted octanol–water partition coefficient (Wildman–Crippen LogP) is -0.0124. The second kappa shape index (κ2) is 6.83. The molecule has 5 nitrogen and oxygen atoms in total. The highest BCUT2D eigenvalue weighted by molar-refractivity contribution is 5.76. The van der Waals surface area contributed by atoms with Gasteiger partial charge in [0, 0.05) is 25.7 Å². The molecular weight excluding hydrogens is 208 g/mol. The molecule has 0 radical (unpaired) electrons. The van der Waals surface area contributed by atoms with Gasteiger partial charge in [-0.05, 0) is 13.8 Å². The van der Waals surface area contributed by atoms with E-state index in [1.165, 1.54) is 0 Å². The Morgan fingerprint density at radius 3 is 3.06 bits per heavy atom. The standard InChI is InChI=1S/C11H22N2O3/c1-3-15-6-4-11(14)13-5-7-16-10(8-13)9(2)12/h9-10H,3-8,12H2,1-2H3. The molecule has 0 spiro atoms. The number of hydrogen-bond donors (Lipinski definition) is 1. The molecule has 1 amide bonds. The maximum Gasteiger partial charge on any atom is 0.225 e. The average molecular weight is 230 g/mol. The number of ether oxygens (including phenoxy) is 2. The van der Waals surface area contributed by atoms with Crippen LogP contribution < -0.4 is 5.73 Å². The van der Waals surface area contributed by atoms with E-state index >= 15 is 0 Å². The molecule has 1 aliphatic rings. The Morgan fingerprint density at radius 2 is 2.44 bits per heavy atom. The van der Waals surface area contributed by atoms with Crippen LogP contribution in [0.3, 0.4) is 0 Å². The van der Waals surface area contributed by atoms with Gasteiger partial charge in [0.25, 0.3) is 0 Å². The van der Waals surface area contributed by atoms with Gasteiger partial charge in [-0.3, -0.25) is 4.79 Å². The molecule has 5 heteroatoms. The molecule has 0 saturated carbocycles. The van der Waals surface area contributed by atoms with Crippen molar-refractivity contribution < 1.29 is 14.3 Å². The van der Waals surface area contributed by atoms with E-state index < -0.39 is 0 Å². The number of nitrogens with zero attached hydrogens (tertiary/aromatic N) is 1. The fourth-order valence-electron chi connectivity index (χ4n) is 1.68. The van der Waals surface area contributed by atoms with Crippen molar-refractivity contribution in [2.45, 2.75) is 32.4 Å². The predicted molar refractivity (Wildman–Crippen MR) is 61.1 cm³/mol. The summed E-state index contributed by atoms with van der Waals surface area (Å²) in [6.07, 6.45) is 0.407. The lowest BCUT2D eigenvalue weighted by Crippen LogP contribution is -2.51. The van der Waals surface area contributed by atoms with Crippen LogP contribution >= 0.6 is 0 Å². The Balaban J connectivity index is 2.32. The number of carbonyl (C=O) groups excluding carboxylic acids is 1. The summed E-state index contributed by atoms with van der Waals surface area (Å²) < 4.78 is 10.7. The van der Waals surface area contributed by atoms with E-state index in [9.17, 15) is 4.79 Å². The highest BCUT2D eigenvalue weighted by Gasteiger charge is 2.25. The van der Waals surface area contributed by atoms with Gasteiger partial charge in [0.05, 0.1) is 25.7 Å². The number of rotatable bonds is 5. The Bertz CT molecular complexity index is 221. The van der Waals surface area contributed by atoms with E-state index in [1.54, 1.807) is 0 Å². The summed E-state index contributed by atoms with van der Waals surface area (Å²) in [4.78, 5) is 13.6. The highest BCUT2D eigenvalue weighted by atomic mass is 16.5. The number of hydrogen-bond acceptors (Lipinski definition) is 4. The number of carbonyl (C=O) groups is 1. The first-order valence-corrected chi connectivity index (χ1v) is 5.87. The number of nitrogens with two attached hydrogens (primary N) is 1. The second-order valence-corrected chi connectivity index (χ2v) is 4.06. The maximum atomic E-state index is 11.8. The van der Waals surface area contributed by atoms with Crippen molar-refractivity contribution in [3.05, 3.63) is 0 Å². The zero-order chi connectivity index (χ0) is 12.0. The van der Waals surface area contributed by atoms with Crippen LogP contribution in [0.2, 0.25) is 0 Å². The molecular formula is C11H22N2O3. The Hall–Kier alpha value is -0.650. The van der Waals surface area contributed by atoms with Gasteiger partial charge in [-0.1, -0.05) is 0 Å². The van der Waals surface area contributed by atoms with E-state index in [1.807, 2.05) is 18.7 Å². The van der Waals surface area contributed by atoms with E-state index in [4.69, 9.17) is 15.2 Å². The number of amides is 1. The largest absolute Gasteiger partial charge is 0.381 e. The zero-order valence-corrected chi connectivity index (χ0v) is 10.1. The van der Waals surface area contributed by atoms with Gasteiger partial charge < -0.3 is 20.1 Å². The van der Waals surface area contributed by atoms with Crippen LogP contribution in [0.5, 0.6) is 0 Å². The Morgan fingerprint density at radius 1 is 1.69 bits per heavy atom. The molecule has 94 valence electrons. The molecule has 0 aromatic rings. The minimum atomic E-state index is -0.0394. The van der Waals surface area contributed by atoms with Gasteiger partial charge in [0.2, 0.25) is 5.91 Å². The first kappa shape index (κ1) is 13.4. The summed E-state index contributed by atoms with van der Waals surface area (Å²) in [7, 11) is 0. The summed E-state index contributed by atoms with van der Waals surface area (Å²) in [6, 6.07) is -0.0394. The monoisotopic (exact) mass is 230 g/mol. The van der Waals surface area contributed by atoms with Crippen LogP contribution in [-0.4, -0.2) is 55.9 Å². The molecule has 1 rings (SSSR count). The summed E-state index contributed by atoms with van der Waals surface area (Å²) in [6.45, 7) is 6.81. The molecule has 2 N–H and O–H groups in total. The summed E-state index contributed by atoms with van der Waals surface area (Å²) >= 11 is 0. The Kier molecular flexibility index (Phi) is 5.73. The quantitative estimate of drug-likeness (QED) is 0.675. The minimum absolute atomic E-state index is 0.0372. The van der Waals surface area contributed by atoms with Crippen molar-refractivity contribution in [1.82, 2.24) is 4.90 Å². The van der Waals surface area contributed by atoms with Crippen molar-refractivity contribution in [3.63, 3.8) is 0 Å². The lowest BCUT2D eigenvalue weighted by Gasteiger charge is -2.34. The van der Waals surface area contributed by atoms with Gasteiger partial charge >= 0.3 is 0 Å². The van der Waals surface area contributed by atoms with E-state index in [-0.39, 0.29) is 18.1 Å². The van der Waals surface area contributed by atoms with Crippen LogP contribution in [-0.2, 0) is 14.3 Å². The van der Waals surface area contributed by atoms with Gasteiger partial charge in [0.1, 0.15) is 0 Å². The third kappa shape index (κ3) is 4.08. The van der Waals surface area contributed by atoms with E-state index in [0.29, 0.717) is 39.3 Å². The molecule has 2 unspecified atom stereocenters. The van der Waals surface area contributed by atoms with Crippen molar-refractivity contribution in [2.24, 2.45) is 5.73 Å². The molecule has 1 fully saturated rings. The minimum Gasteiger partial charge on any atom is -0.381 e. The summed E-state index contributed by atoms with van der Waals surface area (Å²) in [5.41, 5.74) is 5.76. The van der Waals surface area contributed by atoms with Gasteiger partial charge in [-0.15, -0.1) is 0 Å². The molecule has 0 aromatic heterocycles. The van der Waals surface area contributed by atoms with Crippen molar-refractivity contribution in [1.29, 1.82) is 0 Å². The van der Waals surface area contributed by atoms with Crippen molar-refractivity contribution >= 4 is 5.91 Å². The highest BCUT2D eigenvalue weighted by Crippen LogP contribution is 2.09. The second-order valence-electron chi connectivity index (χ2n) is 4.06. The molecule has 16 heavy (non-hydrogen) atoms. The smallest absolute Gasteiger partial charge is 0.225 e. The van der Waals surface area contributed by atoms with E-state index in [2.05, 4.69) is 0 Å². The first-order valence-electron chi connectivity index (χ1n) is 5.87. The molecule has 0 bridgehead atoms. The normalized spacial score (nSPS) is 23.2. The fourth-order valence-corrected chi connectivity index (χ4v) is 1.68. The maximum absolute atomic E-state index is 11.8. The van der Waals surface area contributed by atoms with Crippen LogP contribution in [0.1, 0.15) is 20.3 Å². The third-order valence-corrected chi connectivity index (χ3v) is 2.70. The molecule has 1 saturated heterocycles. The van der Waals surface area contributed by atoms with Crippen LogP contribution in [0.4, 0.5) is 0 Å².